The molecule has 102 valence electrons. The van der Waals surface area contributed by atoms with Gasteiger partial charge in [0.2, 0.25) is 0 Å². The van der Waals surface area contributed by atoms with Crippen molar-refractivity contribution in [2.24, 2.45) is 5.41 Å². The Labute approximate surface area is 115 Å². The van der Waals surface area contributed by atoms with Crippen LogP contribution < -0.4 is 5.32 Å². The third-order valence-electron chi connectivity index (χ3n) is 2.43. The van der Waals surface area contributed by atoms with E-state index in [4.69, 9.17) is 5.11 Å². The number of carbonyl (C=O) groups excluding carboxylic acids is 1. The van der Waals surface area contributed by atoms with Gasteiger partial charge in [0, 0.05) is 17.7 Å². The second kappa shape index (κ2) is 6.40. The number of rotatable bonds is 2. The van der Waals surface area contributed by atoms with Gasteiger partial charge >= 0.3 is 0 Å². The van der Waals surface area contributed by atoms with Gasteiger partial charge in [0.1, 0.15) is 6.61 Å². The van der Waals surface area contributed by atoms with Crippen LogP contribution in [-0.2, 0) is 0 Å². The average molecular weight is 259 g/mol. The number of aliphatic hydroxyl groups is 1. The SMILES string of the molecule is Cc1cc(C#CCO)cc(C(=O)NCC(C)(C)C)c1. The molecule has 0 aromatic heterocycles. The van der Waals surface area contributed by atoms with E-state index in [-0.39, 0.29) is 17.9 Å². The molecule has 0 fully saturated rings. The van der Waals surface area contributed by atoms with E-state index < -0.39 is 0 Å². The Balaban J connectivity index is 2.88. The van der Waals surface area contributed by atoms with Crippen molar-refractivity contribution >= 4 is 5.91 Å². The summed E-state index contributed by atoms with van der Waals surface area (Å²) in [5.74, 6) is 5.32. The molecule has 0 radical (unpaired) electrons. The molecule has 1 amide bonds. The van der Waals surface area contributed by atoms with Crippen molar-refractivity contribution in [1.82, 2.24) is 5.32 Å². The summed E-state index contributed by atoms with van der Waals surface area (Å²) < 4.78 is 0. The van der Waals surface area contributed by atoms with Crippen molar-refractivity contribution < 1.29 is 9.90 Å². The van der Waals surface area contributed by atoms with Crippen LogP contribution in [0.1, 0.15) is 42.3 Å². The van der Waals surface area contributed by atoms with Crippen LogP contribution in [0.3, 0.4) is 0 Å². The fourth-order valence-electron chi connectivity index (χ4n) is 1.58. The molecule has 0 spiro atoms. The smallest absolute Gasteiger partial charge is 0.251 e. The van der Waals surface area contributed by atoms with Gasteiger partial charge in [0.15, 0.2) is 0 Å². The first-order chi connectivity index (χ1) is 8.81. The highest BCUT2D eigenvalue weighted by Crippen LogP contribution is 2.12. The van der Waals surface area contributed by atoms with E-state index >= 15 is 0 Å². The number of aryl methyl sites for hydroxylation is 1. The monoisotopic (exact) mass is 259 g/mol. The molecule has 0 aliphatic heterocycles. The molecule has 0 saturated carbocycles. The number of amides is 1. The van der Waals surface area contributed by atoms with Gasteiger partial charge in [-0.25, -0.2) is 0 Å². The summed E-state index contributed by atoms with van der Waals surface area (Å²) in [6.07, 6.45) is 0. The number of hydrogen-bond acceptors (Lipinski definition) is 2. The quantitative estimate of drug-likeness (QED) is 0.799. The van der Waals surface area contributed by atoms with Gasteiger partial charge in [0.05, 0.1) is 0 Å². The Bertz CT molecular complexity index is 516. The molecule has 3 nitrogen and oxygen atoms in total. The van der Waals surface area contributed by atoms with Crippen LogP contribution in [0.25, 0.3) is 0 Å². The molecule has 0 aliphatic carbocycles. The van der Waals surface area contributed by atoms with Crippen molar-refractivity contribution in [2.75, 3.05) is 13.2 Å². The summed E-state index contributed by atoms with van der Waals surface area (Å²) in [7, 11) is 0. The maximum absolute atomic E-state index is 12.1. The molecule has 1 aromatic rings. The molecule has 1 aromatic carbocycles. The van der Waals surface area contributed by atoms with Crippen molar-refractivity contribution in [3.63, 3.8) is 0 Å². The van der Waals surface area contributed by atoms with E-state index in [2.05, 4.69) is 37.9 Å². The zero-order chi connectivity index (χ0) is 14.5. The minimum absolute atomic E-state index is 0.0546. The highest BCUT2D eigenvalue weighted by Gasteiger charge is 2.13. The van der Waals surface area contributed by atoms with Gasteiger partial charge in [-0.2, -0.15) is 0 Å². The number of hydrogen-bond donors (Lipinski definition) is 2. The predicted octanol–water partition coefficient (Wildman–Crippen LogP) is 2.11. The predicted molar refractivity (Wildman–Crippen MR) is 76.9 cm³/mol. The standard InChI is InChI=1S/C16H21NO2/c1-12-8-13(6-5-7-18)10-14(9-12)15(19)17-11-16(2,3)4/h8-10,18H,7,11H2,1-4H3,(H,17,19). The fourth-order valence-corrected chi connectivity index (χ4v) is 1.58. The number of benzene rings is 1. The summed E-state index contributed by atoms with van der Waals surface area (Å²) >= 11 is 0. The van der Waals surface area contributed by atoms with E-state index in [9.17, 15) is 4.79 Å². The van der Waals surface area contributed by atoms with Gasteiger partial charge < -0.3 is 10.4 Å². The lowest BCUT2D eigenvalue weighted by Gasteiger charge is -2.18. The lowest BCUT2D eigenvalue weighted by Crippen LogP contribution is -2.32. The zero-order valence-electron chi connectivity index (χ0n) is 12.0. The van der Waals surface area contributed by atoms with E-state index in [1.807, 2.05) is 19.1 Å². The van der Waals surface area contributed by atoms with Gasteiger partial charge in [-0.05, 0) is 36.1 Å². The van der Waals surface area contributed by atoms with Crippen LogP contribution in [0, 0.1) is 24.2 Å². The number of carbonyl (C=O) groups is 1. The van der Waals surface area contributed by atoms with Gasteiger partial charge in [-0.1, -0.05) is 32.6 Å². The van der Waals surface area contributed by atoms with Crippen LogP contribution in [0.5, 0.6) is 0 Å². The molecular formula is C16H21NO2. The van der Waals surface area contributed by atoms with Crippen LogP contribution in [0.4, 0.5) is 0 Å². The van der Waals surface area contributed by atoms with Gasteiger partial charge in [-0.3, -0.25) is 4.79 Å². The van der Waals surface area contributed by atoms with Crippen molar-refractivity contribution in [1.29, 1.82) is 0 Å². The van der Waals surface area contributed by atoms with Gasteiger partial charge in [-0.15, -0.1) is 0 Å². The largest absolute Gasteiger partial charge is 0.384 e. The molecule has 2 N–H and O–H groups in total. The number of aliphatic hydroxyl groups excluding tert-OH is 1. The minimum atomic E-state index is -0.181. The van der Waals surface area contributed by atoms with E-state index in [1.165, 1.54) is 0 Å². The fraction of sp³-hybridized carbons (Fsp3) is 0.438. The molecule has 0 bridgehead atoms. The molecule has 0 saturated heterocycles. The van der Waals surface area contributed by atoms with E-state index in [0.29, 0.717) is 12.1 Å². The molecule has 1 rings (SSSR count). The van der Waals surface area contributed by atoms with Crippen molar-refractivity contribution in [3.05, 3.63) is 34.9 Å². The summed E-state index contributed by atoms with van der Waals surface area (Å²) in [5.41, 5.74) is 2.38. The van der Waals surface area contributed by atoms with Crippen LogP contribution >= 0.6 is 0 Å². The summed E-state index contributed by atoms with van der Waals surface area (Å²) in [6.45, 7) is 8.58. The normalized spacial score (nSPS) is 10.6. The Morgan fingerprint density at radius 2 is 2.00 bits per heavy atom. The highest BCUT2D eigenvalue weighted by molar-refractivity contribution is 5.94. The maximum Gasteiger partial charge on any atom is 0.251 e. The molecule has 0 unspecified atom stereocenters. The second-order valence-corrected chi connectivity index (χ2v) is 5.79. The Morgan fingerprint density at radius 1 is 1.32 bits per heavy atom. The molecule has 3 heteroatoms. The first-order valence-electron chi connectivity index (χ1n) is 6.31. The Kier molecular flexibility index (Phi) is 5.14. The molecular weight excluding hydrogens is 238 g/mol. The van der Waals surface area contributed by atoms with Crippen LogP contribution in [0.15, 0.2) is 18.2 Å². The lowest BCUT2D eigenvalue weighted by atomic mass is 9.96. The minimum Gasteiger partial charge on any atom is -0.384 e. The third-order valence-corrected chi connectivity index (χ3v) is 2.43. The van der Waals surface area contributed by atoms with Gasteiger partial charge in [0.25, 0.3) is 5.91 Å². The molecule has 19 heavy (non-hydrogen) atoms. The number of nitrogens with one attached hydrogen (secondary N) is 1. The van der Waals surface area contributed by atoms with E-state index in [0.717, 1.165) is 11.1 Å². The topological polar surface area (TPSA) is 49.3 Å². The zero-order valence-corrected chi connectivity index (χ0v) is 12.0. The first-order valence-corrected chi connectivity index (χ1v) is 6.31. The van der Waals surface area contributed by atoms with Crippen molar-refractivity contribution in [2.45, 2.75) is 27.7 Å². The second-order valence-electron chi connectivity index (χ2n) is 5.79. The summed E-state index contributed by atoms with van der Waals surface area (Å²) in [6, 6.07) is 5.47. The molecule has 0 aliphatic rings. The molecule has 0 heterocycles. The van der Waals surface area contributed by atoms with Crippen molar-refractivity contribution in [3.8, 4) is 11.8 Å². The summed E-state index contributed by atoms with van der Waals surface area (Å²) in [5, 5.41) is 11.6. The first kappa shape index (κ1) is 15.3. The maximum atomic E-state index is 12.1. The highest BCUT2D eigenvalue weighted by atomic mass is 16.2. The van der Waals surface area contributed by atoms with E-state index in [1.54, 1.807) is 6.07 Å². The van der Waals surface area contributed by atoms with Crippen LogP contribution in [-0.4, -0.2) is 24.2 Å². The Morgan fingerprint density at radius 3 is 2.58 bits per heavy atom. The molecule has 0 atom stereocenters. The lowest BCUT2D eigenvalue weighted by molar-refractivity contribution is 0.0939. The third kappa shape index (κ3) is 5.58. The average Bonchev–Trinajstić information content (AvgIpc) is 2.31. The Hall–Kier alpha value is -1.79. The summed E-state index contributed by atoms with van der Waals surface area (Å²) in [4.78, 5) is 12.1. The van der Waals surface area contributed by atoms with Crippen LogP contribution in [0.2, 0.25) is 0 Å².